The summed E-state index contributed by atoms with van der Waals surface area (Å²) in [5.41, 5.74) is 0.990. The zero-order chi connectivity index (χ0) is 18.9. The van der Waals surface area contributed by atoms with E-state index in [-0.39, 0.29) is 10.8 Å². The van der Waals surface area contributed by atoms with Gasteiger partial charge in [-0.05, 0) is 57.2 Å². The molecular formula is C18H23FN4O2S. The Labute approximate surface area is 153 Å². The van der Waals surface area contributed by atoms with Crippen molar-refractivity contribution in [2.24, 2.45) is 0 Å². The predicted molar refractivity (Wildman–Crippen MR) is 99.8 cm³/mol. The summed E-state index contributed by atoms with van der Waals surface area (Å²) in [5, 5.41) is 8.06. The van der Waals surface area contributed by atoms with Crippen LogP contribution in [-0.2, 0) is 9.84 Å². The summed E-state index contributed by atoms with van der Waals surface area (Å²) in [6.45, 7) is 7.95. The fraction of sp³-hybridized carbons (Fsp3) is 0.444. The Bertz CT molecular complexity index is 854. The molecule has 1 fully saturated rings. The Hall–Kier alpha value is -2.22. The van der Waals surface area contributed by atoms with Gasteiger partial charge >= 0.3 is 0 Å². The number of piperazine rings is 1. The Morgan fingerprint density at radius 2 is 1.46 bits per heavy atom. The number of benzene rings is 1. The second-order valence-corrected chi connectivity index (χ2v) is 9.95. The molecule has 0 amide bonds. The van der Waals surface area contributed by atoms with E-state index in [4.69, 9.17) is 0 Å². The Morgan fingerprint density at radius 1 is 0.885 bits per heavy atom. The summed E-state index contributed by atoms with van der Waals surface area (Å²) in [7, 11) is -3.50. The van der Waals surface area contributed by atoms with E-state index in [0.29, 0.717) is 5.82 Å². The number of aromatic nitrogens is 2. The highest BCUT2D eigenvalue weighted by atomic mass is 32.2. The number of halogens is 1. The standard InChI is InChI=1S/C18H23FN4O2S/c1-18(2,3)26(24,25)17-9-8-16(20-21-17)23-12-10-22(11-13-23)15-6-4-14(19)5-7-15/h4-9H,10-13H2,1-3H3. The molecule has 1 aromatic heterocycles. The normalized spacial score (nSPS) is 16.0. The first-order valence-electron chi connectivity index (χ1n) is 8.52. The summed E-state index contributed by atoms with van der Waals surface area (Å²) in [4.78, 5) is 4.25. The van der Waals surface area contributed by atoms with Gasteiger partial charge in [0.15, 0.2) is 10.8 Å². The van der Waals surface area contributed by atoms with Crippen molar-refractivity contribution >= 4 is 21.3 Å². The van der Waals surface area contributed by atoms with Crippen molar-refractivity contribution in [2.75, 3.05) is 36.0 Å². The SMILES string of the molecule is CC(C)(C)S(=O)(=O)c1ccc(N2CCN(c3ccc(F)cc3)CC2)nn1. The largest absolute Gasteiger partial charge is 0.368 e. The molecule has 1 aliphatic heterocycles. The molecule has 3 rings (SSSR count). The number of rotatable bonds is 3. The first-order chi connectivity index (χ1) is 12.2. The van der Waals surface area contributed by atoms with Gasteiger partial charge in [0, 0.05) is 31.9 Å². The molecule has 1 saturated heterocycles. The number of sulfone groups is 1. The van der Waals surface area contributed by atoms with E-state index >= 15 is 0 Å². The highest BCUT2D eigenvalue weighted by molar-refractivity contribution is 7.92. The molecule has 0 spiro atoms. The van der Waals surface area contributed by atoms with Gasteiger partial charge in [0.1, 0.15) is 5.82 Å². The molecule has 0 radical (unpaired) electrons. The monoisotopic (exact) mass is 378 g/mol. The Morgan fingerprint density at radius 3 is 1.96 bits per heavy atom. The molecule has 1 aliphatic rings. The van der Waals surface area contributed by atoms with Gasteiger partial charge in [0.25, 0.3) is 0 Å². The highest BCUT2D eigenvalue weighted by Crippen LogP contribution is 2.24. The maximum absolute atomic E-state index is 13.0. The second kappa shape index (κ2) is 6.83. The van der Waals surface area contributed by atoms with Crippen LogP contribution < -0.4 is 9.80 Å². The van der Waals surface area contributed by atoms with Gasteiger partial charge in [0.05, 0.1) is 4.75 Å². The van der Waals surface area contributed by atoms with Crippen molar-refractivity contribution < 1.29 is 12.8 Å². The van der Waals surface area contributed by atoms with Crippen LogP contribution in [0.5, 0.6) is 0 Å². The topological polar surface area (TPSA) is 66.4 Å². The minimum absolute atomic E-state index is 0.00121. The minimum Gasteiger partial charge on any atom is -0.368 e. The predicted octanol–water partition coefficient (Wildman–Crippen LogP) is 2.51. The average molecular weight is 378 g/mol. The number of hydrogen-bond donors (Lipinski definition) is 0. The summed E-state index contributed by atoms with van der Waals surface area (Å²) in [6, 6.07) is 9.70. The number of hydrogen-bond acceptors (Lipinski definition) is 6. The summed E-state index contributed by atoms with van der Waals surface area (Å²) >= 11 is 0. The van der Waals surface area contributed by atoms with E-state index in [2.05, 4.69) is 20.0 Å². The first-order valence-corrected chi connectivity index (χ1v) is 10.0. The average Bonchev–Trinajstić information content (AvgIpc) is 2.62. The van der Waals surface area contributed by atoms with Crippen LogP contribution in [0.3, 0.4) is 0 Å². The summed E-state index contributed by atoms with van der Waals surface area (Å²) in [6.07, 6.45) is 0. The molecule has 1 aromatic carbocycles. The van der Waals surface area contributed by atoms with Gasteiger partial charge in [-0.1, -0.05) is 0 Å². The van der Waals surface area contributed by atoms with E-state index in [1.165, 1.54) is 18.2 Å². The van der Waals surface area contributed by atoms with Gasteiger partial charge in [-0.3, -0.25) is 0 Å². The molecule has 2 heterocycles. The smallest absolute Gasteiger partial charge is 0.202 e. The molecule has 0 N–H and O–H groups in total. The van der Waals surface area contributed by atoms with Crippen LogP contribution in [0.25, 0.3) is 0 Å². The summed E-state index contributed by atoms with van der Waals surface area (Å²) < 4.78 is 37.0. The molecule has 2 aromatic rings. The lowest BCUT2D eigenvalue weighted by Crippen LogP contribution is -2.47. The van der Waals surface area contributed by atoms with Gasteiger partial charge in [-0.15, -0.1) is 10.2 Å². The lowest BCUT2D eigenvalue weighted by atomic mass is 10.2. The number of anilines is 2. The molecule has 140 valence electrons. The van der Waals surface area contributed by atoms with Crippen molar-refractivity contribution in [3.8, 4) is 0 Å². The molecule has 8 heteroatoms. The second-order valence-electron chi connectivity index (χ2n) is 7.30. The van der Waals surface area contributed by atoms with Crippen molar-refractivity contribution in [1.82, 2.24) is 10.2 Å². The number of nitrogens with zero attached hydrogens (tertiary/aromatic N) is 4. The fourth-order valence-electron chi connectivity index (χ4n) is 2.78. The van der Waals surface area contributed by atoms with Gasteiger partial charge < -0.3 is 9.80 Å². The van der Waals surface area contributed by atoms with E-state index < -0.39 is 14.6 Å². The van der Waals surface area contributed by atoms with Crippen LogP contribution in [0.1, 0.15) is 20.8 Å². The first kappa shape index (κ1) is 18.6. The van der Waals surface area contributed by atoms with Crippen molar-refractivity contribution in [1.29, 1.82) is 0 Å². The maximum atomic E-state index is 13.0. The molecule has 0 bridgehead atoms. The molecule has 0 atom stereocenters. The molecule has 0 saturated carbocycles. The van der Waals surface area contributed by atoms with Crippen molar-refractivity contribution in [2.45, 2.75) is 30.5 Å². The highest BCUT2D eigenvalue weighted by Gasteiger charge is 2.32. The zero-order valence-corrected chi connectivity index (χ0v) is 16.0. The third-order valence-electron chi connectivity index (χ3n) is 4.50. The van der Waals surface area contributed by atoms with Crippen LogP contribution in [0.2, 0.25) is 0 Å². The third-order valence-corrected chi connectivity index (χ3v) is 6.88. The molecule has 6 nitrogen and oxygen atoms in total. The van der Waals surface area contributed by atoms with Gasteiger partial charge in [-0.25, -0.2) is 12.8 Å². The van der Waals surface area contributed by atoms with E-state index in [0.717, 1.165) is 31.9 Å². The van der Waals surface area contributed by atoms with Crippen LogP contribution in [0, 0.1) is 5.82 Å². The van der Waals surface area contributed by atoms with Crippen LogP contribution >= 0.6 is 0 Å². The van der Waals surface area contributed by atoms with E-state index in [9.17, 15) is 12.8 Å². The quantitative estimate of drug-likeness (QED) is 0.818. The van der Waals surface area contributed by atoms with E-state index in [1.807, 2.05) is 0 Å². The zero-order valence-electron chi connectivity index (χ0n) is 15.2. The van der Waals surface area contributed by atoms with E-state index in [1.54, 1.807) is 39.0 Å². The van der Waals surface area contributed by atoms with Crippen LogP contribution in [0.15, 0.2) is 41.4 Å². The van der Waals surface area contributed by atoms with Gasteiger partial charge in [-0.2, -0.15) is 0 Å². The fourth-order valence-corrected chi connectivity index (χ4v) is 3.81. The molecule has 26 heavy (non-hydrogen) atoms. The summed E-state index contributed by atoms with van der Waals surface area (Å²) in [5.74, 6) is 0.421. The third kappa shape index (κ3) is 3.65. The van der Waals surface area contributed by atoms with Crippen LogP contribution in [-0.4, -0.2) is 49.5 Å². The minimum atomic E-state index is -3.50. The molecule has 0 unspecified atom stereocenters. The Kier molecular flexibility index (Phi) is 4.88. The van der Waals surface area contributed by atoms with Crippen molar-refractivity contribution in [3.63, 3.8) is 0 Å². The molecule has 0 aliphatic carbocycles. The van der Waals surface area contributed by atoms with Crippen molar-refractivity contribution in [3.05, 3.63) is 42.2 Å². The maximum Gasteiger partial charge on any atom is 0.202 e. The Balaban J connectivity index is 1.67. The van der Waals surface area contributed by atoms with Crippen LogP contribution in [0.4, 0.5) is 15.9 Å². The lowest BCUT2D eigenvalue weighted by Gasteiger charge is -2.36. The van der Waals surface area contributed by atoms with Gasteiger partial charge in [0.2, 0.25) is 9.84 Å². The lowest BCUT2D eigenvalue weighted by molar-refractivity contribution is 0.553. The molecular weight excluding hydrogens is 355 g/mol.